The Morgan fingerprint density at radius 2 is 2.23 bits per heavy atom. The molecular weight excluding hydrogens is 290 g/mol. The van der Waals surface area contributed by atoms with Gasteiger partial charge in [-0.25, -0.2) is 8.78 Å². The van der Waals surface area contributed by atoms with Gasteiger partial charge in [0.05, 0.1) is 0 Å². The summed E-state index contributed by atoms with van der Waals surface area (Å²) in [5, 5.41) is 10.5. The van der Waals surface area contributed by atoms with Gasteiger partial charge in [-0.2, -0.15) is 0 Å². The van der Waals surface area contributed by atoms with E-state index in [1.165, 1.54) is 12.1 Å². The van der Waals surface area contributed by atoms with Gasteiger partial charge in [0.25, 0.3) is 0 Å². The van der Waals surface area contributed by atoms with E-state index in [1.807, 2.05) is 11.5 Å². The summed E-state index contributed by atoms with van der Waals surface area (Å²) in [6, 6.07) is 3.82. The first-order valence-electron chi connectivity index (χ1n) is 7.13. The molecule has 1 amide bonds. The van der Waals surface area contributed by atoms with Crippen LogP contribution in [-0.4, -0.2) is 27.2 Å². The molecule has 2 atom stereocenters. The van der Waals surface area contributed by atoms with Gasteiger partial charge in [-0.05, 0) is 37.0 Å². The summed E-state index contributed by atoms with van der Waals surface area (Å²) < 4.78 is 28.0. The first-order valence-corrected chi connectivity index (χ1v) is 7.13. The van der Waals surface area contributed by atoms with Gasteiger partial charge in [0, 0.05) is 19.0 Å². The molecule has 3 rings (SSSR count). The third-order valence-electron chi connectivity index (χ3n) is 3.96. The van der Waals surface area contributed by atoms with E-state index in [2.05, 4.69) is 15.5 Å². The summed E-state index contributed by atoms with van der Waals surface area (Å²) in [5.74, 6) is -1.18. The fraction of sp³-hybridized carbons (Fsp3) is 0.400. The molecule has 1 N–H and O–H groups in total. The molecule has 2 aromatic rings. The van der Waals surface area contributed by atoms with Crippen molar-refractivity contribution in [2.75, 3.05) is 6.54 Å². The monoisotopic (exact) mass is 306 g/mol. The number of nitrogens with one attached hydrogen (secondary N) is 1. The minimum absolute atomic E-state index is 0.0215. The Hall–Kier alpha value is -2.31. The van der Waals surface area contributed by atoms with E-state index in [9.17, 15) is 13.6 Å². The Labute approximate surface area is 126 Å². The topological polar surface area (TPSA) is 59.8 Å². The Balaban J connectivity index is 1.50. The average molecular weight is 306 g/mol. The highest BCUT2D eigenvalue weighted by Crippen LogP contribution is 2.47. The second-order valence-electron chi connectivity index (χ2n) is 5.48. The van der Waals surface area contributed by atoms with Crippen LogP contribution < -0.4 is 5.32 Å². The van der Waals surface area contributed by atoms with Crippen molar-refractivity contribution in [3.8, 4) is 0 Å². The Bertz CT molecular complexity index is 701. The normalized spacial score (nSPS) is 20.0. The van der Waals surface area contributed by atoms with Crippen molar-refractivity contribution in [1.82, 2.24) is 20.1 Å². The molecule has 2 unspecified atom stereocenters. The van der Waals surface area contributed by atoms with E-state index in [0.29, 0.717) is 25.1 Å². The molecule has 0 radical (unpaired) electrons. The van der Waals surface area contributed by atoms with Gasteiger partial charge in [-0.15, -0.1) is 10.2 Å². The highest BCUT2D eigenvalue weighted by atomic mass is 19.2. The van der Waals surface area contributed by atoms with E-state index < -0.39 is 11.6 Å². The molecule has 1 aromatic heterocycles. The van der Waals surface area contributed by atoms with Crippen LogP contribution in [0.5, 0.6) is 0 Å². The Morgan fingerprint density at radius 3 is 2.91 bits per heavy atom. The van der Waals surface area contributed by atoms with Gasteiger partial charge in [0.2, 0.25) is 5.91 Å². The smallest absolute Gasteiger partial charge is 0.223 e. The van der Waals surface area contributed by atoms with Crippen molar-refractivity contribution in [3.05, 3.63) is 47.5 Å². The summed E-state index contributed by atoms with van der Waals surface area (Å²) in [4.78, 5) is 12.0. The minimum Gasteiger partial charge on any atom is -0.354 e. The molecule has 1 aromatic carbocycles. The maximum absolute atomic E-state index is 13.2. The van der Waals surface area contributed by atoms with Gasteiger partial charge in [0.1, 0.15) is 12.2 Å². The van der Waals surface area contributed by atoms with Gasteiger partial charge in [-0.3, -0.25) is 4.79 Å². The summed E-state index contributed by atoms with van der Waals surface area (Å²) in [5.41, 5.74) is 0.675. The molecule has 0 spiro atoms. The van der Waals surface area contributed by atoms with Crippen molar-refractivity contribution >= 4 is 5.91 Å². The second-order valence-corrected chi connectivity index (χ2v) is 5.48. The Kier molecular flexibility index (Phi) is 3.87. The van der Waals surface area contributed by atoms with Crippen LogP contribution in [0, 0.1) is 24.5 Å². The van der Waals surface area contributed by atoms with Gasteiger partial charge in [0.15, 0.2) is 11.6 Å². The number of nitrogens with zero attached hydrogens (tertiary/aromatic N) is 3. The predicted molar refractivity (Wildman–Crippen MR) is 75.0 cm³/mol. The third-order valence-corrected chi connectivity index (χ3v) is 3.96. The van der Waals surface area contributed by atoms with Gasteiger partial charge >= 0.3 is 0 Å². The van der Waals surface area contributed by atoms with Crippen molar-refractivity contribution in [3.63, 3.8) is 0 Å². The van der Waals surface area contributed by atoms with Gasteiger partial charge < -0.3 is 9.88 Å². The number of hydrogen-bond acceptors (Lipinski definition) is 3. The van der Waals surface area contributed by atoms with Crippen LogP contribution in [0.2, 0.25) is 0 Å². The molecule has 1 aliphatic rings. The maximum Gasteiger partial charge on any atom is 0.223 e. The average Bonchev–Trinajstić information content (AvgIpc) is 3.20. The van der Waals surface area contributed by atoms with E-state index in [-0.39, 0.29) is 17.7 Å². The molecule has 0 aliphatic heterocycles. The van der Waals surface area contributed by atoms with E-state index in [1.54, 1.807) is 6.33 Å². The summed E-state index contributed by atoms with van der Waals surface area (Å²) in [6.07, 6.45) is 2.28. The molecule has 0 saturated heterocycles. The molecule has 1 aliphatic carbocycles. The van der Waals surface area contributed by atoms with Crippen LogP contribution in [0.15, 0.2) is 24.5 Å². The number of aryl methyl sites for hydroxylation is 1. The highest BCUT2D eigenvalue weighted by molar-refractivity contribution is 5.82. The van der Waals surface area contributed by atoms with Crippen LogP contribution in [0.3, 0.4) is 0 Å². The number of benzene rings is 1. The zero-order valence-corrected chi connectivity index (χ0v) is 12.1. The molecule has 1 fully saturated rings. The number of aromatic nitrogens is 3. The lowest BCUT2D eigenvalue weighted by Gasteiger charge is -2.06. The number of rotatable bonds is 5. The summed E-state index contributed by atoms with van der Waals surface area (Å²) in [6.45, 7) is 2.93. The molecule has 7 heteroatoms. The maximum atomic E-state index is 13.2. The largest absolute Gasteiger partial charge is 0.354 e. The number of carbonyl (C=O) groups excluding carboxylic acids is 1. The highest BCUT2D eigenvalue weighted by Gasteiger charge is 2.43. The zero-order valence-electron chi connectivity index (χ0n) is 12.1. The first kappa shape index (κ1) is 14.6. The third kappa shape index (κ3) is 2.98. The lowest BCUT2D eigenvalue weighted by molar-refractivity contribution is -0.122. The van der Waals surface area contributed by atoms with E-state index in [0.717, 1.165) is 11.9 Å². The molecule has 116 valence electrons. The van der Waals surface area contributed by atoms with Crippen LogP contribution in [-0.2, 0) is 11.3 Å². The number of hydrogen-bond donors (Lipinski definition) is 1. The van der Waals surface area contributed by atoms with Crippen molar-refractivity contribution in [1.29, 1.82) is 0 Å². The molecule has 22 heavy (non-hydrogen) atoms. The number of carbonyl (C=O) groups is 1. The van der Waals surface area contributed by atoms with E-state index in [4.69, 9.17) is 0 Å². The molecule has 1 saturated carbocycles. The Morgan fingerprint density at radius 1 is 1.41 bits per heavy atom. The number of amides is 1. The van der Waals surface area contributed by atoms with Crippen LogP contribution >= 0.6 is 0 Å². The first-order chi connectivity index (χ1) is 10.6. The lowest BCUT2D eigenvalue weighted by atomic mass is 10.1. The standard InChI is InChI=1S/C15H16F2N4O/c1-9-20-19-8-21(9)5-4-18-15(22)12-7-11(12)10-2-3-13(16)14(17)6-10/h2-3,6,8,11-12H,4-5,7H2,1H3,(H,18,22). The van der Waals surface area contributed by atoms with Crippen LogP contribution in [0.1, 0.15) is 23.7 Å². The quantitative estimate of drug-likeness (QED) is 0.916. The molecule has 1 heterocycles. The van der Waals surface area contributed by atoms with Gasteiger partial charge in [-0.1, -0.05) is 6.07 Å². The molecule has 5 nitrogen and oxygen atoms in total. The molecule has 0 bridgehead atoms. The fourth-order valence-corrected chi connectivity index (χ4v) is 2.56. The number of halogens is 2. The zero-order chi connectivity index (χ0) is 15.7. The van der Waals surface area contributed by atoms with Crippen molar-refractivity contribution in [2.24, 2.45) is 5.92 Å². The van der Waals surface area contributed by atoms with Crippen LogP contribution in [0.4, 0.5) is 8.78 Å². The summed E-state index contributed by atoms with van der Waals surface area (Å²) >= 11 is 0. The lowest BCUT2D eigenvalue weighted by Crippen LogP contribution is -2.29. The predicted octanol–water partition coefficient (Wildman–Crippen LogP) is 1.78. The molecular formula is C15H16F2N4O. The van der Waals surface area contributed by atoms with Crippen molar-refractivity contribution in [2.45, 2.75) is 25.8 Å². The fourth-order valence-electron chi connectivity index (χ4n) is 2.56. The second kappa shape index (κ2) is 5.82. The minimum atomic E-state index is -0.869. The van der Waals surface area contributed by atoms with Crippen molar-refractivity contribution < 1.29 is 13.6 Å². The SMILES string of the molecule is Cc1nncn1CCNC(=O)C1CC1c1ccc(F)c(F)c1. The summed E-state index contributed by atoms with van der Waals surface area (Å²) in [7, 11) is 0. The van der Waals surface area contributed by atoms with E-state index >= 15 is 0 Å². The van der Waals surface area contributed by atoms with Crippen LogP contribution in [0.25, 0.3) is 0 Å².